The Morgan fingerprint density at radius 2 is 1.84 bits per heavy atom. The van der Waals surface area contributed by atoms with E-state index in [9.17, 15) is 4.79 Å². The number of ether oxygens (including phenoxy) is 1. The maximum absolute atomic E-state index is 11.9. The number of hydrogen-bond acceptors (Lipinski definition) is 2. The van der Waals surface area contributed by atoms with Gasteiger partial charge in [0.1, 0.15) is 11.5 Å². The van der Waals surface area contributed by atoms with Crippen LogP contribution >= 0.6 is 0 Å². The van der Waals surface area contributed by atoms with Crippen LogP contribution in [-0.4, -0.2) is 12.4 Å². The lowest BCUT2D eigenvalue weighted by Crippen LogP contribution is -2.14. The maximum Gasteiger partial charge on any atom is 0.139 e. The molecule has 1 aromatic carbocycles. The molecule has 1 aliphatic rings. The first-order valence-electron chi connectivity index (χ1n) is 7.42. The minimum Gasteiger partial charge on any atom is -0.493 e. The van der Waals surface area contributed by atoms with Crippen LogP contribution in [0.2, 0.25) is 0 Å². The molecule has 0 atom stereocenters. The van der Waals surface area contributed by atoms with E-state index in [-0.39, 0.29) is 0 Å². The van der Waals surface area contributed by atoms with Gasteiger partial charge in [-0.1, -0.05) is 38.8 Å². The largest absolute Gasteiger partial charge is 0.493 e. The fourth-order valence-corrected chi connectivity index (χ4v) is 2.67. The van der Waals surface area contributed by atoms with Gasteiger partial charge in [0.2, 0.25) is 0 Å². The molecule has 2 nitrogen and oxygen atoms in total. The van der Waals surface area contributed by atoms with Crippen LogP contribution in [0.5, 0.6) is 5.75 Å². The van der Waals surface area contributed by atoms with Gasteiger partial charge in [-0.25, -0.2) is 0 Å². The van der Waals surface area contributed by atoms with E-state index in [0.29, 0.717) is 30.6 Å². The van der Waals surface area contributed by atoms with Crippen LogP contribution in [0.3, 0.4) is 0 Å². The Kier molecular flexibility index (Phi) is 5.00. The van der Waals surface area contributed by atoms with Crippen LogP contribution in [0.1, 0.15) is 57.4 Å². The van der Waals surface area contributed by atoms with Crippen LogP contribution < -0.4 is 4.74 Å². The van der Waals surface area contributed by atoms with Crippen molar-refractivity contribution in [2.24, 2.45) is 5.92 Å². The van der Waals surface area contributed by atoms with Gasteiger partial charge >= 0.3 is 0 Å². The van der Waals surface area contributed by atoms with Crippen LogP contribution in [0.15, 0.2) is 24.3 Å². The normalized spacial score (nSPS) is 15.9. The molecule has 2 heteroatoms. The van der Waals surface area contributed by atoms with Crippen molar-refractivity contribution >= 4 is 5.78 Å². The molecule has 0 radical (unpaired) electrons. The summed E-state index contributed by atoms with van der Waals surface area (Å²) in [5, 5.41) is 0. The highest BCUT2D eigenvalue weighted by Crippen LogP contribution is 2.26. The zero-order chi connectivity index (χ0) is 13.7. The fraction of sp³-hybridized carbons (Fsp3) is 0.588. The molecule has 0 bridgehead atoms. The highest BCUT2D eigenvalue weighted by Gasteiger charge is 2.21. The lowest BCUT2D eigenvalue weighted by Gasteiger charge is -2.10. The number of ketones is 1. The number of hydrogen-bond donors (Lipinski definition) is 0. The molecule has 1 fully saturated rings. The predicted octanol–water partition coefficient (Wildman–Crippen LogP) is 4.34. The molecule has 2 rings (SSSR count). The van der Waals surface area contributed by atoms with Gasteiger partial charge in [-0.3, -0.25) is 4.79 Å². The van der Waals surface area contributed by atoms with E-state index in [1.807, 2.05) is 12.1 Å². The van der Waals surface area contributed by atoms with Crippen molar-refractivity contribution in [1.82, 2.24) is 0 Å². The highest BCUT2D eigenvalue weighted by atomic mass is 16.5. The zero-order valence-electron chi connectivity index (χ0n) is 12.0. The van der Waals surface area contributed by atoms with Gasteiger partial charge in [0.25, 0.3) is 0 Å². The summed E-state index contributed by atoms with van der Waals surface area (Å²) in [4.78, 5) is 11.9. The van der Waals surface area contributed by atoms with Crippen molar-refractivity contribution in [3.8, 4) is 5.75 Å². The summed E-state index contributed by atoms with van der Waals surface area (Å²) in [6, 6.07) is 8.18. The quantitative estimate of drug-likeness (QED) is 0.760. The number of carbonyl (C=O) groups excluding carboxylic acids is 1. The molecular formula is C17H24O2. The van der Waals surface area contributed by atoms with E-state index in [1.54, 1.807) is 0 Å². The summed E-state index contributed by atoms with van der Waals surface area (Å²) < 4.78 is 5.65. The van der Waals surface area contributed by atoms with Crippen molar-refractivity contribution in [3.05, 3.63) is 29.8 Å². The Bertz CT molecular complexity index is 400. The Morgan fingerprint density at radius 3 is 2.42 bits per heavy atom. The minimum atomic E-state index is 0.312. The lowest BCUT2D eigenvalue weighted by molar-refractivity contribution is -0.123. The Labute approximate surface area is 116 Å². The SMILES string of the molecule is CC(C)c1ccc(OCCC(=O)C2CCCC2)cc1. The second kappa shape index (κ2) is 6.74. The maximum atomic E-state index is 11.9. The fourth-order valence-electron chi connectivity index (χ4n) is 2.67. The summed E-state index contributed by atoms with van der Waals surface area (Å²) in [5.74, 6) is 2.10. The first kappa shape index (κ1) is 14.1. The number of carbonyl (C=O) groups is 1. The van der Waals surface area contributed by atoms with E-state index in [0.717, 1.165) is 18.6 Å². The third-order valence-corrected chi connectivity index (χ3v) is 3.97. The van der Waals surface area contributed by atoms with E-state index in [2.05, 4.69) is 26.0 Å². The molecular weight excluding hydrogens is 236 g/mol. The van der Waals surface area contributed by atoms with Gasteiger partial charge in [-0.2, -0.15) is 0 Å². The van der Waals surface area contributed by atoms with Crippen LogP contribution in [0, 0.1) is 5.92 Å². The molecule has 0 amide bonds. The molecule has 0 spiro atoms. The monoisotopic (exact) mass is 260 g/mol. The zero-order valence-corrected chi connectivity index (χ0v) is 12.0. The number of benzene rings is 1. The van der Waals surface area contributed by atoms with Crippen LogP contribution in [-0.2, 0) is 4.79 Å². The van der Waals surface area contributed by atoms with Gasteiger partial charge in [0.05, 0.1) is 6.61 Å². The van der Waals surface area contributed by atoms with Gasteiger partial charge in [0.15, 0.2) is 0 Å². The van der Waals surface area contributed by atoms with Gasteiger partial charge in [0, 0.05) is 12.3 Å². The third-order valence-electron chi connectivity index (χ3n) is 3.97. The molecule has 0 unspecified atom stereocenters. The molecule has 1 aromatic rings. The minimum absolute atomic E-state index is 0.312. The second-order valence-electron chi connectivity index (χ2n) is 5.77. The predicted molar refractivity (Wildman–Crippen MR) is 77.6 cm³/mol. The Balaban J connectivity index is 1.74. The number of rotatable bonds is 6. The Morgan fingerprint density at radius 1 is 1.21 bits per heavy atom. The average Bonchev–Trinajstić information content (AvgIpc) is 2.93. The van der Waals surface area contributed by atoms with Crippen molar-refractivity contribution in [2.45, 2.75) is 51.9 Å². The molecule has 19 heavy (non-hydrogen) atoms. The van der Waals surface area contributed by atoms with Crippen molar-refractivity contribution < 1.29 is 9.53 Å². The summed E-state index contributed by atoms with van der Waals surface area (Å²) in [7, 11) is 0. The molecule has 0 aliphatic heterocycles. The number of Topliss-reactive ketones (excluding diaryl/α,β-unsaturated/α-hetero) is 1. The topological polar surface area (TPSA) is 26.3 Å². The van der Waals surface area contributed by atoms with Gasteiger partial charge in [-0.15, -0.1) is 0 Å². The van der Waals surface area contributed by atoms with E-state index < -0.39 is 0 Å². The van der Waals surface area contributed by atoms with Gasteiger partial charge < -0.3 is 4.74 Å². The van der Waals surface area contributed by atoms with Gasteiger partial charge in [-0.05, 0) is 36.5 Å². The molecule has 0 saturated heterocycles. The van der Waals surface area contributed by atoms with Crippen molar-refractivity contribution in [1.29, 1.82) is 0 Å². The first-order valence-corrected chi connectivity index (χ1v) is 7.42. The molecule has 1 aliphatic carbocycles. The smallest absolute Gasteiger partial charge is 0.139 e. The summed E-state index contributed by atoms with van der Waals surface area (Å²) in [6.45, 7) is 4.86. The lowest BCUT2D eigenvalue weighted by atomic mass is 10.0. The van der Waals surface area contributed by atoms with E-state index in [4.69, 9.17) is 4.74 Å². The highest BCUT2D eigenvalue weighted by molar-refractivity contribution is 5.81. The summed E-state index contributed by atoms with van der Waals surface area (Å²) in [6.07, 6.45) is 5.16. The van der Waals surface area contributed by atoms with E-state index in [1.165, 1.54) is 18.4 Å². The van der Waals surface area contributed by atoms with E-state index >= 15 is 0 Å². The molecule has 0 N–H and O–H groups in total. The third kappa shape index (κ3) is 4.09. The molecule has 0 aromatic heterocycles. The average molecular weight is 260 g/mol. The molecule has 1 saturated carbocycles. The molecule has 104 valence electrons. The second-order valence-corrected chi connectivity index (χ2v) is 5.77. The first-order chi connectivity index (χ1) is 9.16. The summed E-state index contributed by atoms with van der Waals surface area (Å²) >= 11 is 0. The standard InChI is InChI=1S/C17H24O2/c1-13(2)14-7-9-16(10-8-14)19-12-11-17(18)15-5-3-4-6-15/h7-10,13,15H,3-6,11-12H2,1-2H3. The summed E-state index contributed by atoms with van der Waals surface area (Å²) in [5.41, 5.74) is 1.31. The molecule has 0 heterocycles. The van der Waals surface area contributed by atoms with Crippen molar-refractivity contribution in [3.63, 3.8) is 0 Å². The van der Waals surface area contributed by atoms with Crippen LogP contribution in [0.25, 0.3) is 0 Å². The van der Waals surface area contributed by atoms with Crippen LogP contribution in [0.4, 0.5) is 0 Å². The Hall–Kier alpha value is -1.31. The van der Waals surface area contributed by atoms with Crippen molar-refractivity contribution in [2.75, 3.05) is 6.61 Å².